The minimum Gasteiger partial charge on any atom is -0.303 e. The van der Waals surface area contributed by atoms with Gasteiger partial charge in [-0.1, -0.05) is 6.07 Å². The molecule has 3 aromatic rings. The van der Waals surface area contributed by atoms with Crippen molar-refractivity contribution in [1.82, 2.24) is 9.38 Å². The van der Waals surface area contributed by atoms with E-state index in [4.69, 9.17) is 0 Å². The third kappa shape index (κ3) is 1.49. The van der Waals surface area contributed by atoms with Crippen LogP contribution < -0.4 is 0 Å². The Balaban J connectivity index is 2.28. The summed E-state index contributed by atoms with van der Waals surface area (Å²) in [6, 6.07) is 8.20. The molecule has 0 bridgehead atoms. The molecule has 80 valence electrons. The molecule has 3 aromatic heterocycles. The summed E-state index contributed by atoms with van der Waals surface area (Å²) < 4.78 is 3.22. The number of fused-ring (bicyclic) bond motifs is 1. The fraction of sp³-hybridized carbons (Fsp3) is 0.0833. The van der Waals surface area contributed by atoms with Crippen molar-refractivity contribution in [3.05, 3.63) is 46.0 Å². The summed E-state index contributed by atoms with van der Waals surface area (Å²) in [5.41, 5.74) is 3.20. The zero-order valence-corrected chi connectivity index (χ0v) is 11.0. The number of aromatic nitrogens is 2. The van der Waals surface area contributed by atoms with Gasteiger partial charge >= 0.3 is 0 Å². The van der Waals surface area contributed by atoms with Crippen molar-refractivity contribution in [2.75, 3.05) is 0 Å². The van der Waals surface area contributed by atoms with Crippen LogP contribution in [0, 0.1) is 6.92 Å². The monoisotopic (exact) mass is 292 g/mol. The van der Waals surface area contributed by atoms with Gasteiger partial charge in [0.25, 0.3) is 0 Å². The van der Waals surface area contributed by atoms with E-state index in [0.717, 1.165) is 15.8 Å². The highest BCUT2D eigenvalue weighted by Gasteiger charge is 2.07. The fourth-order valence-electron chi connectivity index (χ4n) is 1.71. The Hall–Kier alpha value is -1.13. The summed E-state index contributed by atoms with van der Waals surface area (Å²) in [6.07, 6.45) is 2.08. The molecule has 0 aromatic carbocycles. The molecule has 0 fully saturated rings. The Bertz CT molecular complexity index is 640. The van der Waals surface area contributed by atoms with Crippen LogP contribution in [0.1, 0.15) is 5.69 Å². The van der Waals surface area contributed by atoms with Crippen LogP contribution in [0.25, 0.3) is 16.2 Å². The molecule has 0 unspecified atom stereocenters. The average Bonchev–Trinajstić information content (AvgIpc) is 2.91. The van der Waals surface area contributed by atoms with Crippen molar-refractivity contribution in [3.8, 4) is 10.6 Å². The molecule has 0 aliphatic carbocycles. The van der Waals surface area contributed by atoms with Crippen molar-refractivity contribution in [2.45, 2.75) is 6.92 Å². The van der Waals surface area contributed by atoms with Gasteiger partial charge in [-0.25, -0.2) is 4.98 Å². The Morgan fingerprint density at radius 2 is 2.19 bits per heavy atom. The summed E-state index contributed by atoms with van der Waals surface area (Å²) >= 11 is 5.24. The van der Waals surface area contributed by atoms with Crippen molar-refractivity contribution >= 4 is 32.9 Å². The first-order chi connectivity index (χ1) is 7.75. The third-order valence-electron chi connectivity index (χ3n) is 2.59. The SMILES string of the molecule is Cc1c(Br)ccc2nc(-c3cccs3)cn12. The second-order valence-corrected chi connectivity index (χ2v) is 5.40. The van der Waals surface area contributed by atoms with Gasteiger partial charge in [-0.15, -0.1) is 11.3 Å². The summed E-state index contributed by atoms with van der Waals surface area (Å²) in [4.78, 5) is 5.82. The predicted molar refractivity (Wildman–Crippen MR) is 70.9 cm³/mol. The molecule has 0 aliphatic heterocycles. The van der Waals surface area contributed by atoms with E-state index < -0.39 is 0 Å². The number of hydrogen-bond donors (Lipinski definition) is 0. The number of aryl methyl sites for hydroxylation is 1. The van der Waals surface area contributed by atoms with E-state index in [1.807, 2.05) is 18.2 Å². The number of pyridine rings is 1. The lowest BCUT2D eigenvalue weighted by Crippen LogP contribution is -1.89. The van der Waals surface area contributed by atoms with Gasteiger partial charge in [0.2, 0.25) is 0 Å². The molecule has 0 saturated carbocycles. The number of hydrogen-bond acceptors (Lipinski definition) is 2. The minimum absolute atomic E-state index is 0.990. The lowest BCUT2D eigenvalue weighted by molar-refractivity contribution is 1.08. The highest BCUT2D eigenvalue weighted by Crippen LogP contribution is 2.26. The first-order valence-corrected chi connectivity index (χ1v) is 6.61. The molecule has 3 heterocycles. The fourth-order valence-corrected chi connectivity index (χ4v) is 2.71. The van der Waals surface area contributed by atoms with Crippen LogP contribution in [0.5, 0.6) is 0 Å². The van der Waals surface area contributed by atoms with E-state index >= 15 is 0 Å². The number of halogens is 1. The predicted octanol–water partition coefficient (Wildman–Crippen LogP) is 4.13. The highest BCUT2D eigenvalue weighted by molar-refractivity contribution is 9.10. The molecule has 0 atom stereocenters. The maximum absolute atomic E-state index is 4.61. The van der Waals surface area contributed by atoms with E-state index in [1.54, 1.807) is 11.3 Å². The normalized spacial score (nSPS) is 11.1. The summed E-state index contributed by atoms with van der Waals surface area (Å²) in [5.74, 6) is 0. The molecule has 16 heavy (non-hydrogen) atoms. The number of nitrogens with zero attached hydrogens (tertiary/aromatic N) is 2. The summed E-state index contributed by atoms with van der Waals surface area (Å²) in [6.45, 7) is 2.08. The third-order valence-corrected chi connectivity index (χ3v) is 4.32. The van der Waals surface area contributed by atoms with Crippen molar-refractivity contribution in [2.24, 2.45) is 0 Å². The maximum atomic E-state index is 4.61. The molecular formula is C12H9BrN2S. The molecule has 0 aliphatic rings. The zero-order chi connectivity index (χ0) is 11.1. The zero-order valence-electron chi connectivity index (χ0n) is 8.64. The van der Waals surface area contributed by atoms with Gasteiger partial charge in [0.05, 0.1) is 10.6 Å². The van der Waals surface area contributed by atoms with Crippen LogP contribution in [0.3, 0.4) is 0 Å². The largest absolute Gasteiger partial charge is 0.303 e. The molecule has 3 rings (SSSR count). The van der Waals surface area contributed by atoms with Crippen LogP contribution in [-0.4, -0.2) is 9.38 Å². The van der Waals surface area contributed by atoms with Crippen molar-refractivity contribution in [1.29, 1.82) is 0 Å². The van der Waals surface area contributed by atoms with Crippen LogP contribution in [0.15, 0.2) is 40.3 Å². The second-order valence-electron chi connectivity index (χ2n) is 3.60. The van der Waals surface area contributed by atoms with Crippen LogP contribution >= 0.6 is 27.3 Å². The van der Waals surface area contributed by atoms with Gasteiger partial charge in [0.1, 0.15) is 5.65 Å². The first kappa shape index (κ1) is 10.1. The van der Waals surface area contributed by atoms with E-state index in [2.05, 4.69) is 49.9 Å². The molecule has 2 nitrogen and oxygen atoms in total. The highest BCUT2D eigenvalue weighted by atomic mass is 79.9. The standard InChI is InChI=1S/C12H9BrN2S/c1-8-9(13)4-5-12-14-10(7-15(8)12)11-3-2-6-16-11/h2-7H,1H3. The minimum atomic E-state index is 0.990. The first-order valence-electron chi connectivity index (χ1n) is 4.94. The Kier molecular flexibility index (Phi) is 2.33. The van der Waals surface area contributed by atoms with E-state index in [1.165, 1.54) is 10.6 Å². The van der Waals surface area contributed by atoms with Gasteiger partial charge < -0.3 is 4.40 Å². The molecule has 0 saturated heterocycles. The van der Waals surface area contributed by atoms with Gasteiger partial charge in [-0.3, -0.25) is 0 Å². The van der Waals surface area contributed by atoms with Crippen LogP contribution in [-0.2, 0) is 0 Å². The maximum Gasteiger partial charge on any atom is 0.137 e. The van der Waals surface area contributed by atoms with Crippen molar-refractivity contribution < 1.29 is 0 Å². The lowest BCUT2D eigenvalue weighted by Gasteiger charge is -2.00. The number of thiophene rings is 1. The number of imidazole rings is 1. The Morgan fingerprint density at radius 3 is 2.94 bits per heavy atom. The topological polar surface area (TPSA) is 17.3 Å². The van der Waals surface area contributed by atoms with Gasteiger partial charge in [0, 0.05) is 16.4 Å². The number of rotatable bonds is 1. The van der Waals surface area contributed by atoms with E-state index in [-0.39, 0.29) is 0 Å². The van der Waals surface area contributed by atoms with Crippen LogP contribution in [0.4, 0.5) is 0 Å². The lowest BCUT2D eigenvalue weighted by atomic mass is 10.3. The van der Waals surface area contributed by atoms with E-state index in [9.17, 15) is 0 Å². The van der Waals surface area contributed by atoms with Crippen molar-refractivity contribution in [3.63, 3.8) is 0 Å². The molecular weight excluding hydrogens is 284 g/mol. The molecule has 0 N–H and O–H groups in total. The van der Waals surface area contributed by atoms with Gasteiger partial charge in [0.15, 0.2) is 0 Å². The van der Waals surface area contributed by atoms with Gasteiger partial charge in [-0.05, 0) is 46.4 Å². The van der Waals surface area contributed by atoms with Gasteiger partial charge in [-0.2, -0.15) is 0 Å². The molecule has 4 heteroatoms. The smallest absolute Gasteiger partial charge is 0.137 e. The van der Waals surface area contributed by atoms with Crippen LogP contribution in [0.2, 0.25) is 0 Å². The molecule has 0 radical (unpaired) electrons. The molecule has 0 amide bonds. The average molecular weight is 293 g/mol. The Labute approximate surface area is 106 Å². The quantitative estimate of drug-likeness (QED) is 0.659. The molecule has 0 spiro atoms. The second kappa shape index (κ2) is 3.71. The summed E-state index contributed by atoms with van der Waals surface area (Å²) in [5, 5.41) is 2.07. The van der Waals surface area contributed by atoms with E-state index in [0.29, 0.717) is 0 Å². The summed E-state index contributed by atoms with van der Waals surface area (Å²) in [7, 11) is 0. The Morgan fingerprint density at radius 1 is 1.31 bits per heavy atom.